The lowest BCUT2D eigenvalue weighted by atomic mass is 10.2. The Labute approximate surface area is 202 Å². The van der Waals surface area contributed by atoms with Crippen molar-refractivity contribution >= 4 is 32.7 Å². The molecular formula is C22H18F3N7O3S. The van der Waals surface area contributed by atoms with Gasteiger partial charge in [-0.3, -0.25) is 4.79 Å². The number of carbonyl (C=O) groups is 1. The molecule has 0 atom stereocenters. The van der Waals surface area contributed by atoms with Gasteiger partial charge in [0.15, 0.2) is 17.0 Å². The fraction of sp³-hybridized carbons (Fsp3) is 0.227. The lowest BCUT2D eigenvalue weighted by molar-refractivity contribution is 0.0742. The second kappa shape index (κ2) is 9.18. The third-order valence-corrected chi connectivity index (χ3v) is 7.25. The molecule has 0 radical (unpaired) electrons. The zero-order valence-corrected chi connectivity index (χ0v) is 19.3. The molecule has 3 heterocycles. The van der Waals surface area contributed by atoms with E-state index in [1.807, 2.05) is 4.90 Å². The van der Waals surface area contributed by atoms with Gasteiger partial charge < -0.3 is 9.80 Å². The smallest absolute Gasteiger partial charge is 0.341 e. The number of halogens is 3. The molecule has 1 saturated heterocycles. The molecule has 186 valence electrons. The van der Waals surface area contributed by atoms with Crippen molar-refractivity contribution in [2.45, 2.75) is 10.7 Å². The van der Waals surface area contributed by atoms with Crippen molar-refractivity contribution in [2.24, 2.45) is 0 Å². The van der Waals surface area contributed by atoms with E-state index in [-0.39, 0.29) is 24.5 Å². The van der Waals surface area contributed by atoms with E-state index in [1.54, 1.807) is 12.1 Å². The van der Waals surface area contributed by atoms with E-state index >= 15 is 0 Å². The number of hydrogen-bond donors (Lipinski definition) is 0. The molecule has 36 heavy (non-hydrogen) atoms. The molecule has 4 aromatic rings. The van der Waals surface area contributed by atoms with Gasteiger partial charge in [-0.15, -0.1) is 5.10 Å². The Morgan fingerprint density at radius 3 is 2.33 bits per heavy atom. The Morgan fingerprint density at radius 1 is 0.944 bits per heavy atom. The minimum Gasteiger partial charge on any atom is -0.351 e. The highest BCUT2D eigenvalue weighted by atomic mass is 32.2. The lowest BCUT2D eigenvalue weighted by Crippen LogP contribution is -2.49. The van der Waals surface area contributed by atoms with Gasteiger partial charge >= 0.3 is 5.76 Å². The number of sulfone groups is 1. The molecule has 1 aliphatic heterocycles. The van der Waals surface area contributed by atoms with E-state index < -0.39 is 26.4 Å². The number of benzene rings is 2. The Kier molecular flexibility index (Phi) is 6.04. The first-order valence-electron chi connectivity index (χ1n) is 10.7. The summed E-state index contributed by atoms with van der Waals surface area (Å²) >= 11 is 0. The first kappa shape index (κ1) is 23.7. The van der Waals surface area contributed by atoms with Gasteiger partial charge in [-0.2, -0.15) is 13.5 Å². The van der Waals surface area contributed by atoms with Gasteiger partial charge in [0.2, 0.25) is 9.84 Å². The standard InChI is InChI=1S/C22H18F3N7O3S/c23-14-5-7-15(8-6-14)32-20-18(28-29-32)19(26-13-27-20)30-9-11-31(12-10-30)21(33)16-3-1-2-4-17(16)36(34,35)22(24)25/h1-8,13,22H,9-12H2. The largest absolute Gasteiger partial charge is 0.351 e. The van der Waals surface area contributed by atoms with E-state index in [0.717, 1.165) is 6.07 Å². The minimum absolute atomic E-state index is 0.194. The normalized spacial score (nSPS) is 14.6. The molecule has 2 aromatic heterocycles. The molecule has 0 aliphatic carbocycles. The van der Waals surface area contributed by atoms with Crippen LogP contribution in [0.25, 0.3) is 16.9 Å². The topological polar surface area (TPSA) is 114 Å². The van der Waals surface area contributed by atoms with Gasteiger partial charge in [-0.05, 0) is 36.4 Å². The van der Waals surface area contributed by atoms with E-state index in [0.29, 0.717) is 35.8 Å². The van der Waals surface area contributed by atoms with Crippen molar-refractivity contribution in [2.75, 3.05) is 31.1 Å². The summed E-state index contributed by atoms with van der Waals surface area (Å²) in [6.07, 6.45) is 1.35. The molecule has 14 heteroatoms. The molecule has 1 fully saturated rings. The number of nitrogens with zero attached hydrogens (tertiary/aromatic N) is 7. The number of alkyl halides is 2. The van der Waals surface area contributed by atoms with Crippen molar-refractivity contribution in [1.82, 2.24) is 29.9 Å². The van der Waals surface area contributed by atoms with E-state index in [2.05, 4.69) is 20.3 Å². The Balaban J connectivity index is 1.37. The van der Waals surface area contributed by atoms with Crippen LogP contribution in [0.5, 0.6) is 0 Å². The Bertz CT molecular complexity index is 1540. The first-order chi connectivity index (χ1) is 17.3. The summed E-state index contributed by atoms with van der Waals surface area (Å²) in [6.45, 7) is 1.04. The monoisotopic (exact) mass is 517 g/mol. The van der Waals surface area contributed by atoms with Gasteiger partial charge in [0.1, 0.15) is 12.1 Å². The van der Waals surface area contributed by atoms with Crippen molar-refractivity contribution < 1.29 is 26.4 Å². The average molecular weight is 517 g/mol. The highest BCUT2D eigenvalue weighted by molar-refractivity contribution is 7.91. The molecule has 0 bridgehead atoms. The SMILES string of the molecule is O=C(c1ccccc1S(=O)(=O)C(F)F)N1CCN(c2ncnc3c2nnn3-c2ccc(F)cc2)CC1. The maximum Gasteiger partial charge on any atom is 0.341 e. The van der Waals surface area contributed by atoms with Crippen molar-refractivity contribution in [3.05, 3.63) is 66.2 Å². The molecule has 1 aliphatic rings. The predicted octanol–water partition coefficient (Wildman–Crippen LogP) is 2.31. The number of aromatic nitrogens is 5. The maximum absolute atomic E-state index is 13.3. The van der Waals surface area contributed by atoms with E-state index in [1.165, 1.54) is 46.2 Å². The van der Waals surface area contributed by atoms with Crippen LogP contribution in [0, 0.1) is 5.82 Å². The quantitative estimate of drug-likeness (QED) is 0.396. The zero-order valence-electron chi connectivity index (χ0n) is 18.5. The lowest BCUT2D eigenvalue weighted by Gasteiger charge is -2.35. The molecule has 0 N–H and O–H groups in total. The van der Waals surface area contributed by atoms with Crippen molar-refractivity contribution in [3.8, 4) is 5.69 Å². The van der Waals surface area contributed by atoms with Crippen LogP contribution in [-0.4, -0.2) is 76.1 Å². The second-order valence-corrected chi connectivity index (χ2v) is 9.81. The fourth-order valence-corrected chi connectivity index (χ4v) is 4.93. The third-order valence-electron chi connectivity index (χ3n) is 5.81. The van der Waals surface area contributed by atoms with E-state index in [4.69, 9.17) is 0 Å². The second-order valence-electron chi connectivity index (χ2n) is 7.93. The van der Waals surface area contributed by atoms with Crippen LogP contribution in [0.15, 0.2) is 59.8 Å². The van der Waals surface area contributed by atoms with Gasteiger partial charge in [0.05, 0.1) is 16.1 Å². The summed E-state index contributed by atoms with van der Waals surface area (Å²) in [5.41, 5.74) is 1.10. The van der Waals surface area contributed by atoms with Crippen LogP contribution < -0.4 is 4.90 Å². The predicted molar refractivity (Wildman–Crippen MR) is 122 cm³/mol. The number of fused-ring (bicyclic) bond motifs is 1. The van der Waals surface area contributed by atoms with E-state index in [9.17, 15) is 26.4 Å². The zero-order chi connectivity index (χ0) is 25.4. The number of piperazine rings is 1. The maximum atomic E-state index is 13.3. The minimum atomic E-state index is -4.94. The number of rotatable bonds is 5. The molecule has 0 spiro atoms. The fourth-order valence-electron chi connectivity index (χ4n) is 4.00. The van der Waals surface area contributed by atoms with Crippen molar-refractivity contribution in [3.63, 3.8) is 0 Å². The van der Waals surface area contributed by atoms with Gasteiger partial charge in [-0.25, -0.2) is 22.8 Å². The highest BCUT2D eigenvalue weighted by Crippen LogP contribution is 2.26. The Hall–Kier alpha value is -4.07. The molecule has 0 saturated carbocycles. The molecule has 2 aromatic carbocycles. The van der Waals surface area contributed by atoms with Crippen LogP contribution in [0.3, 0.4) is 0 Å². The van der Waals surface area contributed by atoms with Crippen LogP contribution in [0.2, 0.25) is 0 Å². The van der Waals surface area contributed by atoms with Crippen molar-refractivity contribution in [1.29, 1.82) is 0 Å². The van der Waals surface area contributed by atoms with Crippen LogP contribution in [0.1, 0.15) is 10.4 Å². The summed E-state index contributed by atoms with van der Waals surface area (Å²) in [5, 5.41) is 8.30. The molecular weight excluding hydrogens is 499 g/mol. The van der Waals surface area contributed by atoms with Gasteiger partial charge in [-0.1, -0.05) is 17.3 Å². The summed E-state index contributed by atoms with van der Waals surface area (Å²) < 4.78 is 65.1. The number of carbonyl (C=O) groups excluding carboxylic acids is 1. The summed E-state index contributed by atoms with van der Waals surface area (Å²) in [6, 6.07) is 10.6. The number of hydrogen-bond acceptors (Lipinski definition) is 8. The molecule has 1 amide bonds. The highest BCUT2D eigenvalue weighted by Gasteiger charge is 2.33. The molecule has 5 rings (SSSR count). The average Bonchev–Trinajstić information content (AvgIpc) is 3.33. The number of amides is 1. The van der Waals surface area contributed by atoms with Crippen LogP contribution in [0.4, 0.5) is 19.0 Å². The van der Waals surface area contributed by atoms with Crippen LogP contribution >= 0.6 is 0 Å². The molecule has 0 unspecified atom stereocenters. The van der Waals surface area contributed by atoms with Gasteiger partial charge in [0, 0.05) is 26.2 Å². The first-order valence-corrected chi connectivity index (χ1v) is 12.3. The van der Waals surface area contributed by atoms with Crippen LogP contribution in [-0.2, 0) is 9.84 Å². The summed E-state index contributed by atoms with van der Waals surface area (Å²) in [4.78, 5) is 24.2. The third kappa shape index (κ3) is 4.12. The summed E-state index contributed by atoms with van der Waals surface area (Å²) in [5.74, 6) is -4.18. The molecule has 10 nitrogen and oxygen atoms in total. The number of anilines is 1. The summed E-state index contributed by atoms with van der Waals surface area (Å²) in [7, 11) is -4.94. The Morgan fingerprint density at radius 2 is 1.64 bits per heavy atom. The van der Waals surface area contributed by atoms with Gasteiger partial charge in [0.25, 0.3) is 5.91 Å².